The molecule has 29 heavy (non-hydrogen) atoms. The predicted octanol–water partition coefficient (Wildman–Crippen LogP) is 2.52. The van der Waals surface area contributed by atoms with Crippen molar-refractivity contribution in [2.75, 3.05) is 0 Å². The van der Waals surface area contributed by atoms with Crippen LogP contribution >= 0.6 is 0 Å². The Labute approximate surface area is 166 Å². The van der Waals surface area contributed by atoms with Crippen LogP contribution in [0.4, 0.5) is 0 Å². The number of benzene rings is 1. The number of phenolic OH excluding ortho intramolecular Hbond substituents is 1. The Morgan fingerprint density at radius 3 is 2.72 bits per heavy atom. The minimum Gasteiger partial charge on any atom is -0.508 e. The smallest absolute Gasteiger partial charge is 0.259 e. The average molecular weight is 386 g/mol. The van der Waals surface area contributed by atoms with E-state index in [1.165, 1.54) is 12.1 Å². The number of nitrogens with two attached hydrogens (primary N) is 1. The second-order valence-corrected chi connectivity index (χ2v) is 6.83. The van der Waals surface area contributed by atoms with Gasteiger partial charge in [-0.1, -0.05) is 18.2 Å². The highest BCUT2D eigenvalue weighted by Gasteiger charge is 2.34. The van der Waals surface area contributed by atoms with Crippen molar-refractivity contribution in [2.45, 2.75) is 19.4 Å². The molecular weight excluding hydrogens is 368 g/mol. The summed E-state index contributed by atoms with van der Waals surface area (Å²) in [5.41, 5.74) is 8.49. The van der Waals surface area contributed by atoms with Crippen LogP contribution in [0.1, 0.15) is 28.3 Å². The number of nitrogens with zero attached hydrogens (tertiary/aromatic N) is 3. The molecule has 7 nitrogen and oxygen atoms in total. The molecule has 2 aromatic heterocycles. The fraction of sp³-hybridized carbons (Fsp3) is 0.136. The molecule has 4 rings (SSSR count). The zero-order valence-electron chi connectivity index (χ0n) is 15.7. The van der Waals surface area contributed by atoms with Gasteiger partial charge in [-0.05, 0) is 36.2 Å². The number of phenols is 1. The standard InChI is InChI=1S/C22H18N4O3/c1-13-9-18-20(22(28)26(13)12-14-3-2-8-25-11-14)19(17(10-23)21(24)29-18)15-4-6-16(27)7-5-15/h2-9,11,19,27H,12,24H2,1H3/t19-/m0/s1. The third-order valence-corrected chi connectivity index (χ3v) is 4.98. The average Bonchev–Trinajstić information content (AvgIpc) is 2.71. The normalized spacial score (nSPS) is 15.4. The minimum absolute atomic E-state index is 0.0260. The molecule has 1 aliphatic rings. The Hall–Kier alpha value is -4.05. The number of ether oxygens (including phenoxy) is 1. The van der Waals surface area contributed by atoms with Gasteiger partial charge in [0.25, 0.3) is 5.56 Å². The fourth-order valence-electron chi connectivity index (χ4n) is 3.56. The summed E-state index contributed by atoms with van der Waals surface area (Å²) in [5, 5.41) is 19.3. The fourth-order valence-corrected chi connectivity index (χ4v) is 3.56. The number of rotatable bonds is 3. The lowest BCUT2D eigenvalue weighted by molar-refractivity contribution is 0.389. The van der Waals surface area contributed by atoms with Crippen molar-refractivity contribution in [3.05, 3.63) is 99.1 Å². The number of allylic oxidation sites excluding steroid dienone is 1. The van der Waals surface area contributed by atoms with Crippen molar-refractivity contribution in [1.82, 2.24) is 9.55 Å². The van der Waals surface area contributed by atoms with E-state index in [1.807, 2.05) is 19.1 Å². The Bertz CT molecular complexity index is 1210. The molecule has 3 heterocycles. The highest BCUT2D eigenvalue weighted by molar-refractivity contribution is 5.55. The summed E-state index contributed by atoms with van der Waals surface area (Å²) in [6, 6.07) is 13.9. The van der Waals surface area contributed by atoms with E-state index in [1.54, 1.807) is 35.2 Å². The predicted molar refractivity (Wildman–Crippen MR) is 106 cm³/mol. The maximum absolute atomic E-state index is 13.5. The van der Waals surface area contributed by atoms with Crippen molar-refractivity contribution in [3.63, 3.8) is 0 Å². The van der Waals surface area contributed by atoms with E-state index in [0.29, 0.717) is 29.1 Å². The van der Waals surface area contributed by atoms with Gasteiger partial charge in [-0.2, -0.15) is 5.26 Å². The second-order valence-electron chi connectivity index (χ2n) is 6.83. The molecule has 3 N–H and O–H groups in total. The number of hydrogen-bond donors (Lipinski definition) is 2. The van der Waals surface area contributed by atoms with E-state index in [9.17, 15) is 15.2 Å². The second kappa shape index (κ2) is 7.17. The molecule has 0 unspecified atom stereocenters. The first-order valence-corrected chi connectivity index (χ1v) is 8.99. The molecule has 0 amide bonds. The Morgan fingerprint density at radius 2 is 2.07 bits per heavy atom. The lowest BCUT2D eigenvalue weighted by Crippen LogP contribution is -2.33. The Kier molecular flexibility index (Phi) is 4.53. The third kappa shape index (κ3) is 3.21. The highest BCUT2D eigenvalue weighted by Crippen LogP contribution is 2.40. The first kappa shape index (κ1) is 18.3. The van der Waals surface area contributed by atoms with Crippen LogP contribution in [0.2, 0.25) is 0 Å². The van der Waals surface area contributed by atoms with Gasteiger partial charge in [0, 0.05) is 24.2 Å². The van der Waals surface area contributed by atoms with E-state index in [-0.39, 0.29) is 22.8 Å². The van der Waals surface area contributed by atoms with Gasteiger partial charge in [-0.25, -0.2) is 0 Å². The van der Waals surface area contributed by atoms with Gasteiger partial charge in [0.05, 0.1) is 18.0 Å². The van der Waals surface area contributed by atoms with Crippen LogP contribution in [0.3, 0.4) is 0 Å². The molecule has 0 saturated heterocycles. The molecular formula is C22H18N4O3. The van der Waals surface area contributed by atoms with Gasteiger partial charge < -0.3 is 20.1 Å². The quantitative estimate of drug-likeness (QED) is 0.715. The molecule has 0 bridgehead atoms. The van der Waals surface area contributed by atoms with Crippen LogP contribution in [0.5, 0.6) is 11.5 Å². The van der Waals surface area contributed by atoms with E-state index < -0.39 is 5.92 Å². The van der Waals surface area contributed by atoms with Crippen molar-refractivity contribution in [1.29, 1.82) is 5.26 Å². The molecule has 0 aliphatic carbocycles. The molecule has 1 atom stereocenters. The highest BCUT2D eigenvalue weighted by atomic mass is 16.5. The van der Waals surface area contributed by atoms with E-state index in [2.05, 4.69) is 11.1 Å². The van der Waals surface area contributed by atoms with Gasteiger partial charge in [0.1, 0.15) is 23.1 Å². The van der Waals surface area contributed by atoms with E-state index in [4.69, 9.17) is 10.5 Å². The number of aromatic hydroxyl groups is 1. The summed E-state index contributed by atoms with van der Waals surface area (Å²) in [7, 11) is 0. The van der Waals surface area contributed by atoms with Crippen molar-refractivity contribution < 1.29 is 9.84 Å². The number of pyridine rings is 2. The number of hydrogen-bond acceptors (Lipinski definition) is 6. The SMILES string of the molecule is Cc1cc2c(c(=O)n1Cc1cccnc1)[C@@H](c1ccc(O)cc1)C(C#N)=C(N)O2. The molecule has 3 aromatic rings. The molecule has 0 saturated carbocycles. The van der Waals surface area contributed by atoms with Crippen molar-refractivity contribution >= 4 is 0 Å². The molecule has 0 radical (unpaired) electrons. The number of nitriles is 1. The van der Waals surface area contributed by atoms with Crippen molar-refractivity contribution in [2.24, 2.45) is 5.73 Å². The molecule has 7 heteroatoms. The van der Waals surface area contributed by atoms with Gasteiger partial charge in [-0.15, -0.1) is 0 Å². The van der Waals surface area contributed by atoms with Gasteiger partial charge in [0.15, 0.2) is 0 Å². The summed E-state index contributed by atoms with van der Waals surface area (Å²) >= 11 is 0. The number of fused-ring (bicyclic) bond motifs is 1. The van der Waals surface area contributed by atoms with Crippen LogP contribution in [0, 0.1) is 18.3 Å². The third-order valence-electron chi connectivity index (χ3n) is 4.98. The summed E-state index contributed by atoms with van der Waals surface area (Å²) in [6.07, 6.45) is 3.38. The van der Waals surface area contributed by atoms with E-state index >= 15 is 0 Å². The first-order chi connectivity index (χ1) is 14.0. The summed E-state index contributed by atoms with van der Waals surface area (Å²) in [4.78, 5) is 17.6. The molecule has 144 valence electrons. The van der Waals surface area contributed by atoms with Crippen LogP contribution in [-0.2, 0) is 6.54 Å². The monoisotopic (exact) mass is 386 g/mol. The summed E-state index contributed by atoms with van der Waals surface area (Å²) in [5.74, 6) is -0.279. The maximum Gasteiger partial charge on any atom is 0.259 e. The maximum atomic E-state index is 13.5. The lowest BCUT2D eigenvalue weighted by atomic mass is 9.84. The van der Waals surface area contributed by atoms with Gasteiger partial charge >= 0.3 is 0 Å². The molecule has 1 aromatic carbocycles. The molecule has 0 fully saturated rings. The van der Waals surface area contributed by atoms with Crippen LogP contribution < -0.4 is 16.0 Å². The largest absolute Gasteiger partial charge is 0.508 e. The van der Waals surface area contributed by atoms with Crippen LogP contribution in [0.25, 0.3) is 0 Å². The Balaban J connectivity index is 1.92. The van der Waals surface area contributed by atoms with Gasteiger partial charge in [0.2, 0.25) is 5.88 Å². The Morgan fingerprint density at radius 1 is 1.31 bits per heavy atom. The van der Waals surface area contributed by atoms with Crippen LogP contribution in [0.15, 0.2) is 71.1 Å². The minimum atomic E-state index is -0.683. The molecule has 1 aliphatic heterocycles. The van der Waals surface area contributed by atoms with Gasteiger partial charge in [-0.3, -0.25) is 9.78 Å². The molecule has 0 spiro atoms. The number of aryl methyl sites for hydroxylation is 1. The number of aromatic nitrogens is 2. The van der Waals surface area contributed by atoms with E-state index in [0.717, 1.165) is 5.56 Å². The summed E-state index contributed by atoms with van der Waals surface area (Å²) in [6.45, 7) is 2.16. The summed E-state index contributed by atoms with van der Waals surface area (Å²) < 4.78 is 7.27. The van der Waals surface area contributed by atoms with Crippen molar-refractivity contribution in [3.8, 4) is 17.6 Å². The zero-order chi connectivity index (χ0) is 20.5. The topological polar surface area (TPSA) is 114 Å². The zero-order valence-corrected chi connectivity index (χ0v) is 15.7. The first-order valence-electron chi connectivity index (χ1n) is 8.99. The lowest BCUT2D eigenvalue weighted by Gasteiger charge is -2.27. The van der Waals surface area contributed by atoms with Crippen LogP contribution in [-0.4, -0.2) is 14.7 Å².